The second-order valence-corrected chi connectivity index (χ2v) is 2.81. The van der Waals surface area contributed by atoms with E-state index < -0.39 is 0 Å². The number of benzene rings is 1. The minimum absolute atomic E-state index is 0.286. The molecule has 1 N–H and O–H groups in total. The molecule has 1 heteroatoms. The van der Waals surface area contributed by atoms with Gasteiger partial charge in [-0.15, -0.1) is 12.8 Å². The predicted octanol–water partition coefficient (Wildman–Crippen LogP) is 3.20. The van der Waals surface area contributed by atoms with Crippen LogP contribution in [0.4, 0.5) is 0 Å². The van der Waals surface area contributed by atoms with Gasteiger partial charge in [-0.2, -0.15) is 0 Å². The molecule has 0 atom stereocenters. The van der Waals surface area contributed by atoms with Crippen molar-refractivity contribution in [2.75, 3.05) is 6.61 Å². The van der Waals surface area contributed by atoms with E-state index in [4.69, 9.17) is 5.11 Å². The van der Waals surface area contributed by atoms with Crippen LogP contribution in [0.15, 0.2) is 24.3 Å². The van der Waals surface area contributed by atoms with Crippen molar-refractivity contribution in [1.82, 2.24) is 0 Å². The molecule has 0 aliphatic rings. The van der Waals surface area contributed by atoms with E-state index in [2.05, 4.69) is 44.0 Å². The molecule has 0 spiro atoms. The number of aliphatic hydroxyl groups excluding tert-OH is 1. The van der Waals surface area contributed by atoms with Gasteiger partial charge in [-0.3, -0.25) is 0 Å². The van der Waals surface area contributed by atoms with E-state index in [1.54, 1.807) is 0 Å². The summed E-state index contributed by atoms with van der Waals surface area (Å²) in [6.45, 7) is 6.36. The summed E-state index contributed by atoms with van der Waals surface area (Å²) in [4.78, 5) is 0. The Morgan fingerprint density at radius 3 is 1.93 bits per heavy atom. The fourth-order valence-electron chi connectivity index (χ4n) is 1.04. The monoisotopic (exact) mass is 206 g/mol. The van der Waals surface area contributed by atoms with Gasteiger partial charge in [0.05, 0.1) is 0 Å². The fourth-order valence-corrected chi connectivity index (χ4v) is 1.04. The minimum Gasteiger partial charge on any atom is -0.396 e. The number of aliphatic hydroxyl groups is 1. The molecule has 0 unspecified atom stereocenters. The first-order valence-corrected chi connectivity index (χ1v) is 5.32. The molecule has 15 heavy (non-hydrogen) atoms. The molecule has 0 amide bonds. The van der Waals surface area contributed by atoms with Gasteiger partial charge in [0.2, 0.25) is 0 Å². The van der Waals surface area contributed by atoms with E-state index in [1.165, 1.54) is 11.1 Å². The molecule has 0 aliphatic carbocycles. The normalized spacial score (nSPS) is 7.87. The van der Waals surface area contributed by atoms with Crippen LogP contribution >= 0.6 is 0 Å². The quantitative estimate of drug-likeness (QED) is 0.753. The van der Waals surface area contributed by atoms with E-state index in [9.17, 15) is 0 Å². The van der Waals surface area contributed by atoms with Crippen LogP contribution in [0, 0.1) is 19.8 Å². The predicted molar refractivity (Wildman–Crippen MR) is 67.8 cm³/mol. The molecule has 84 valence electrons. The summed E-state index contributed by atoms with van der Waals surface area (Å²) in [7, 11) is 0. The highest BCUT2D eigenvalue weighted by atomic mass is 16.2. The van der Waals surface area contributed by atoms with Crippen molar-refractivity contribution in [3.8, 4) is 12.8 Å². The van der Waals surface area contributed by atoms with Crippen LogP contribution in [0.1, 0.15) is 31.4 Å². The topological polar surface area (TPSA) is 20.2 Å². The highest BCUT2D eigenvalue weighted by molar-refractivity contribution is 5.21. The third kappa shape index (κ3) is 9.05. The number of terminal acetylenes is 1. The second kappa shape index (κ2) is 12.7. The maximum absolute atomic E-state index is 8.58. The van der Waals surface area contributed by atoms with E-state index >= 15 is 0 Å². The molecule has 0 radical (unpaired) electrons. The summed E-state index contributed by atoms with van der Waals surface area (Å²) in [5.74, 6) is 0. The van der Waals surface area contributed by atoms with Crippen molar-refractivity contribution in [2.45, 2.75) is 33.6 Å². The first kappa shape index (κ1) is 16.2. The molecule has 1 aromatic rings. The van der Waals surface area contributed by atoms with Crippen LogP contribution in [0.25, 0.3) is 0 Å². The zero-order chi connectivity index (χ0) is 12.1. The van der Waals surface area contributed by atoms with E-state index in [-0.39, 0.29) is 6.61 Å². The Kier molecular flexibility index (Phi) is 13.7. The Morgan fingerprint density at radius 2 is 1.53 bits per heavy atom. The van der Waals surface area contributed by atoms with Crippen molar-refractivity contribution in [3.05, 3.63) is 35.4 Å². The Bertz CT molecular complexity index is 233. The summed E-state index contributed by atoms with van der Waals surface area (Å²) in [5.41, 5.74) is 2.60. The standard InChI is InChI=1S/C10H14O.C2H6.C2H2/c1-9-4-6-10(7-5-9)3-2-8-11;2*1-2/h4-7,11H,2-3,8H2,1H3;1-2H3;1-2H. The van der Waals surface area contributed by atoms with Gasteiger partial charge < -0.3 is 5.11 Å². The average molecular weight is 206 g/mol. The first-order valence-electron chi connectivity index (χ1n) is 5.32. The van der Waals surface area contributed by atoms with Crippen LogP contribution in [-0.4, -0.2) is 11.7 Å². The van der Waals surface area contributed by atoms with Crippen LogP contribution in [-0.2, 0) is 6.42 Å². The molecule has 0 saturated carbocycles. The van der Waals surface area contributed by atoms with Crippen molar-refractivity contribution >= 4 is 0 Å². The van der Waals surface area contributed by atoms with Crippen LogP contribution in [0.2, 0.25) is 0 Å². The first-order chi connectivity index (χ1) is 7.33. The lowest BCUT2D eigenvalue weighted by molar-refractivity contribution is 0.288. The number of hydrogen-bond acceptors (Lipinski definition) is 1. The van der Waals surface area contributed by atoms with Crippen LogP contribution in [0.3, 0.4) is 0 Å². The van der Waals surface area contributed by atoms with E-state index in [1.807, 2.05) is 13.8 Å². The van der Waals surface area contributed by atoms with Gasteiger partial charge in [-0.1, -0.05) is 43.7 Å². The Balaban J connectivity index is 0. The van der Waals surface area contributed by atoms with Gasteiger partial charge in [0.25, 0.3) is 0 Å². The summed E-state index contributed by atoms with van der Waals surface area (Å²) in [6.07, 6.45) is 9.85. The zero-order valence-electron chi connectivity index (χ0n) is 10.0. The van der Waals surface area contributed by atoms with E-state index in [0.717, 1.165) is 12.8 Å². The molecular formula is C14H22O. The Morgan fingerprint density at radius 1 is 1.07 bits per heavy atom. The number of aryl methyl sites for hydroxylation is 2. The van der Waals surface area contributed by atoms with Gasteiger partial charge in [-0.25, -0.2) is 0 Å². The van der Waals surface area contributed by atoms with Gasteiger partial charge in [0, 0.05) is 6.61 Å². The molecule has 0 aromatic heterocycles. The zero-order valence-corrected chi connectivity index (χ0v) is 10.0. The third-order valence-corrected chi connectivity index (χ3v) is 1.74. The van der Waals surface area contributed by atoms with E-state index in [0.29, 0.717) is 0 Å². The van der Waals surface area contributed by atoms with Crippen molar-refractivity contribution in [3.63, 3.8) is 0 Å². The lowest BCUT2D eigenvalue weighted by Crippen LogP contribution is -1.88. The second-order valence-electron chi connectivity index (χ2n) is 2.81. The molecule has 1 aromatic carbocycles. The Hall–Kier alpha value is -1.26. The van der Waals surface area contributed by atoms with Gasteiger partial charge in [0.1, 0.15) is 0 Å². The summed E-state index contributed by atoms with van der Waals surface area (Å²) in [5, 5.41) is 8.58. The van der Waals surface area contributed by atoms with Crippen molar-refractivity contribution in [1.29, 1.82) is 0 Å². The number of hydrogen-bond donors (Lipinski definition) is 1. The highest BCUT2D eigenvalue weighted by Crippen LogP contribution is 2.04. The highest BCUT2D eigenvalue weighted by Gasteiger charge is 1.90. The maximum Gasteiger partial charge on any atom is 0.0434 e. The van der Waals surface area contributed by atoms with Gasteiger partial charge in [-0.05, 0) is 25.3 Å². The number of rotatable bonds is 3. The SMILES string of the molecule is C#C.CC.Cc1ccc(CCCO)cc1. The van der Waals surface area contributed by atoms with Crippen LogP contribution < -0.4 is 0 Å². The fraction of sp³-hybridized carbons (Fsp3) is 0.429. The molecule has 1 rings (SSSR count). The lowest BCUT2D eigenvalue weighted by atomic mass is 10.1. The van der Waals surface area contributed by atoms with Gasteiger partial charge >= 0.3 is 0 Å². The molecule has 0 heterocycles. The van der Waals surface area contributed by atoms with Crippen molar-refractivity contribution in [2.24, 2.45) is 0 Å². The molecular weight excluding hydrogens is 184 g/mol. The minimum atomic E-state index is 0.286. The molecule has 0 fully saturated rings. The molecule has 1 nitrogen and oxygen atoms in total. The average Bonchev–Trinajstić information content (AvgIpc) is 2.34. The third-order valence-electron chi connectivity index (χ3n) is 1.74. The molecule has 0 saturated heterocycles. The smallest absolute Gasteiger partial charge is 0.0434 e. The molecule has 0 bridgehead atoms. The summed E-state index contributed by atoms with van der Waals surface area (Å²) >= 11 is 0. The Labute approximate surface area is 94.2 Å². The molecule has 0 aliphatic heterocycles. The maximum atomic E-state index is 8.58. The summed E-state index contributed by atoms with van der Waals surface area (Å²) < 4.78 is 0. The van der Waals surface area contributed by atoms with Crippen LogP contribution in [0.5, 0.6) is 0 Å². The van der Waals surface area contributed by atoms with Gasteiger partial charge in [0.15, 0.2) is 0 Å². The largest absolute Gasteiger partial charge is 0.396 e. The van der Waals surface area contributed by atoms with Crippen molar-refractivity contribution < 1.29 is 5.11 Å². The lowest BCUT2D eigenvalue weighted by Gasteiger charge is -1.98. The summed E-state index contributed by atoms with van der Waals surface area (Å²) in [6, 6.07) is 8.44.